The van der Waals surface area contributed by atoms with Crippen molar-refractivity contribution >= 4 is 45.2 Å². The van der Waals surface area contributed by atoms with Gasteiger partial charge in [0.05, 0.1) is 3.57 Å². The zero-order valence-corrected chi connectivity index (χ0v) is 14.7. The lowest BCUT2D eigenvalue weighted by Gasteiger charge is -2.29. The maximum atomic E-state index is 10.0. The number of nitrogens with one attached hydrogen (secondary N) is 1. The number of aromatic hydroxyl groups is 1. The van der Waals surface area contributed by atoms with Crippen molar-refractivity contribution in [3.05, 3.63) is 24.8 Å². The van der Waals surface area contributed by atoms with Gasteiger partial charge in [-0.15, -0.1) is 0 Å². The average Bonchev–Trinajstić information content (AvgIpc) is 2.34. The van der Waals surface area contributed by atoms with Crippen LogP contribution in [0, 0.1) is 7.14 Å². The lowest BCUT2D eigenvalue weighted by molar-refractivity contribution is 0.233. The van der Waals surface area contributed by atoms with Crippen molar-refractivity contribution in [2.24, 2.45) is 0 Å². The van der Waals surface area contributed by atoms with Crippen LogP contribution in [0.2, 0.25) is 0 Å². The molecule has 0 atom stereocenters. The number of hydrogen-bond donors (Lipinski definition) is 2. The lowest BCUT2D eigenvalue weighted by atomic mass is 10.1. The molecule has 1 aliphatic heterocycles. The van der Waals surface area contributed by atoms with E-state index in [0.29, 0.717) is 11.8 Å². The molecule has 0 unspecified atom stereocenters. The normalized spacial score (nSPS) is 18.2. The Bertz CT molecular complexity index is 418. The van der Waals surface area contributed by atoms with E-state index >= 15 is 0 Å². The first-order valence-corrected chi connectivity index (χ1v) is 8.31. The van der Waals surface area contributed by atoms with Gasteiger partial charge >= 0.3 is 0 Å². The molecule has 2 N–H and O–H groups in total. The zero-order valence-electron chi connectivity index (χ0n) is 10.4. The Morgan fingerprint density at radius 1 is 1.33 bits per heavy atom. The fourth-order valence-corrected chi connectivity index (χ4v) is 4.19. The maximum Gasteiger partial charge on any atom is 0.133 e. The number of hydrogen-bond acceptors (Lipinski definition) is 3. The monoisotopic (exact) mass is 472 g/mol. The smallest absolute Gasteiger partial charge is 0.133 e. The summed E-state index contributed by atoms with van der Waals surface area (Å²) in [5, 5.41) is 13.6. The highest BCUT2D eigenvalue weighted by atomic mass is 127. The Morgan fingerprint density at radius 2 is 2.00 bits per heavy atom. The topological polar surface area (TPSA) is 35.5 Å². The van der Waals surface area contributed by atoms with E-state index < -0.39 is 0 Å². The Hall–Kier alpha value is 0.400. The second-order valence-electron chi connectivity index (χ2n) is 4.85. The molecule has 3 nitrogen and oxygen atoms in total. The van der Waals surface area contributed by atoms with Crippen molar-refractivity contribution in [3.63, 3.8) is 0 Å². The Labute approximate surface area is 136 Å². The summed E-state index contributed by atoms with van der Waals surface area (Å²) in [6, 6.07) is 4.63. The quantitative estimate of drug-likeness (QED) is 0.665. The number of phenols is 1. The largest absolute Gasteiger partial charge is 0.507 e. The number of halogens is 2. The van der Waals surface area contributed by atoms with Crippen LogP contribution >= 0.6 is 45.2 Å². The van der Waals surface area contributed by atoms with Crippen LogP contribution in [0.25, 0.3) is 0 Å². The molecular formula is C13H18I2N2O. The van der Waals surface area contributed by atoms with Crippen molar-refractivity contribution in [2.75, 3.05) is 20.1 Å². The van der Waals surface area contributed by atoms with Crippen LogP contribution in [0.5, 0.6) is 5.75 Å². The third-order valence-corrected chi connectivity index (χ3v) is 4.85. The van der Waals surface area contributed by atoms with Gasteiger partial charge in [0.2, 0.25) is 0 Å². The third-order valence-electron chi connectivity index (χ3n) is 3.41. The van der Waals surface area contributed by atoms with E-state index in [9.17, 15) is 5.11 Å². The Kier molecular flexibility index (Phi) is 5.52. The fraction of sp³-hybridized carbons (Fsp3) is 0.538. The summed E-state index contributed by atoms with van der Waals surface area (Å²) in [5.74, 6) is 0.427. The van der Waals surface area contributed by atoms with Gasteiger partial charge in [-0.25, -0.2) is 0 Å². The molecule has 0 aromatic heterocycles. The van der Waals surface area contributed by atoms with Gasteiger partial charge in [-0.05, 0) is 90.3 Å². The summed E-state index contributed by atoms with van der Waals surface area (Å²) in [5.41, 5.74) is 1.00. The summed E-state index contributed by atoms with van der Waals surface area (Å²) < 4.78 is 2.11. The van der Waals surface area contributed by atoms with Gasteiger partial charge in [0.15, 0.2) is 0 Å². The molecule has 1 saturated heterocycles. The van der Waals surface area contributed by atoms with Gasteiger partial charge < -0.3 is 15.3 Å². The molecule has 5 heteroatoms. The van der Waals surface area contributed by atoms with Gasteiger partial charge in [0.1, 0.15) is 5.75 Å². The molecule has 1 aliphatic rings. The highest BCUT2D eigenvalue weighted by Crippen LogP contribution is 2.27. The summed E-state index contributed by atoms with van der Waals surface area (Å²) >= 11 is 4.48. The number of rotatable bonds is 3. The van der Waals surface area contributed by atoms with E-state index in [4.69, 9.17) is 0 Å². The molecule has 1 heterocycles. The minimum absolute atomic E-state index is 0.427. The lowest BCUT2D eigenvalue weighted by Crippen LogP contribution is -2.40. The number of piperidine rings is 1. The number of benzene rings is 1. The molecule has 2 rings (SSSR count). The van der Waals surface area contributed by atoms with E-state index in [1.807, 2.05) is 6.07 Å². The van der Waals surface area contributed by atoms with Crippen LogP contribution in [0.15, 0.2) is 12.1 Å². The van der Waals surface area contributed by atoms with E-state index in [-0.39, 0.29) is 0 Å². The van der Waals surface area contributed by atoms with Crippen molar-refractivity contribution < 1.29 is 5.11 Å². The first-order chi connectivity index (χ1) is 8.56. The second-order valence-corrected chi connectivity index (χ2v) is 7.26. The average molecular weight is 472 g/mol. The highest BCUT2D eigenvalue weighted by molar-refractivity contribution is 14.1. The van der Waals surface area contributed by atoms with Gasteiger partial charge in [-0.3, -0.25) is 0 Å². The molecule has 0 aliphatic carbocycles. The Morgan fingerprint density at radius 3 is 2.67 bits per heavy atom. The van der Waals surface area contributed by atoms with E-state index in [2.05, 4.69) is 68.5 Å². The molecule has 1 aromatic rings. The molecule has 0 radical (unpaired) electrons. The Balaban J connectivity index is 1.94. The van der Waals surface area contributed by atoms with Crippen LogP contribution in [0.1, 0.15) is 18.4 Å². The number of likely N-dealkylation sites (tertiary alicyclic amines) is 1. The fourth-order valence-electron chi connectivity index (χ4n) is 2.22. The first-order valence-electron chi connectivity index (χ1n) is 6.15. The standard InChI is InChI=1S/C13H18I2N2O/c1-17-4-2-11(3-5-17)16-8-9-6-10(14)7-12(15)13(9)18/h6-7,11,16,18H,2-5,8H2,1H3. The first kappa shape index (κ1) is 14.8. The summed E-state index contributed by atoms with van der Waals surface area (Å²) in [4.78, 5) is 2.37. The van der Waals surface area contributed by atoms with Gasteiger partial charge in [-0.2, -0.15) is 0 Å². The predicted octanol–water partition coefficient (Wildman–Crippen LogP) is 2.79. The molecule has 0 amide bonds. The molecule has 0 bridgehead atoms. The van der Waals surface area contributed by atoms with Crippen LogP contribution < -0.4 is 5.32 Å². The summed E-state index contributed by atoms with van der Waals surface area (Å²) in [7, 11) is 2.17. The van der Waals surface area contributed by atoms with Crippen molar-refractivity contribution in [2.45, 2.75) is 25.4 Å². The second kappa shape index (κ2) is 6.71. The minimum atomic E-state index is 0.427. The zero-order chi connectivity index (χ0) is 13.1. The van der Waals surface area contributed by atoms with Crippen LogP contribution in [-0.4, -0.2) is 36.2 Å². The molecule has 100 valence electrons. The SMILES string of the molecule is CN1CCC(NCc2cc(I)cc(I)c2O)CC1. The van der Waals surface area contributed by atoms with Gasteiger partial charge in [0.25, 0.3) is 0 Å². The van der Waals surface area contributed by atoms with Crippen LogP contribution in [-0.2, 0) is 6.54 Å². The number of nitrogens with zero attached hydrogens (tertiary/aromatic N) is 1. The third kappa shape index (κ3) is 3.94. The minimum Gasteiger partial charge on any atom is -0.507 e. The van der Waals surface area contributed by atoms with Crippen molar-refractivity contribution in [1.29, 1.82) is 0 Å². The summed E-state index contributed by atoms with van der Waals surface area (Å²) in [6.07, 6.45) is 2.39. The van der Waals surface area contributed by atoms with Gasteiger partial charge in [0, 0.05) is 21.7 Å². The highest BCUT2D eigenvalue weighted by Gasteiger charge is 2.16. The molecular weight excluding hydrogens is 454 g/mol. The molecule has 0 saturated carbocycles. The van der Waals surface area contributed by atoms with Crippen LogP contribution in [0.3, 0.4) is 0 Å². The summed E-state index contributed by atoms with van der Waals surface area (Å²) in [6.45, 7) is 3.08. The van der Waals surface area contributed by atoms with Crippen molar-refractivity contribution in [3.8, 4) is 5.75 Å². The van der Waals surface area contributed by atoms with E-state index in [0.717, 1.165) is 28.8 Å². The van der Waals surface area contributed by atoms with E-state index in [1.165, 1.54) is 16.4 Å². The number of phenolic OH excluding ortho intramolecular Hbond substituents is 1. The molecule has 0 spiro atoms. The molecule has 1 aromatic carbocycles. The van der Waals surface area contributed by atoms with E-state index in [1.54, 1.807) is 0 Å². The van der Waals surface area contributed by atoms with Gasteiger partial charge in [-0.1, -0.05) is 0 Å². The molecule has 1 fully saturated rings. The van der Waals surface area contributed by atoms with Crippen LogP contribution in [0.4, 0.5) is 0 Å². The predicted molar refractivity (Wildman–Crippen MR) is 90.9 cm³/mol. The molecule has 18 heavy (non-hydrogen) atoms. The van der Waals surface area contributed by atoms with Crippen molar-refractivity contribution in [1.82, 2.24) is 10.2 Å². The maximum absolute atomic E-state index is 10.0.